The maximum Gasteiger partial charge on any atom is 0.170 e. The number of tetrazole rings is 1. The Labute approximate surface area is 114 Å². The zero-order valence-corrected chi connectivity index (χ0v) is 11.6. The second-order valence-electron chi connectivity index (χ2n) is 4.66. The van der Waals surface area contributed by atoms with Crippen LogP contribution in [-0.2, 0) is 6.54 Å². The molecule has 0 fully saturated rings. The van der Waals surface area contributed by atoms with Crippen molar-refractivity contribution in [3.05, 3.63) is 36.2 Å². The fourth-order valence-corrected chi connectivity index (χ4v) is 2.05. The van der Waals surface area contributed by atoms with Crippen molar-refractivity contribution in [3.8, 4) is 5.69 Å². The maximum atomic E-state index is 4.08. The Morgan fingerprint density at radius 3 is 2.58 bits per heavy atom. The van der Waals surface area contributed by atoms with Crippen LogP contribution >= 0.6 is 0 Å². The Morgan fingerprint density at radius 1 is 1.16 bits per heavy atom. The predicted octanol–water partition coefficient (Wildman–Crippen LogP) is 2.19. The van der Waals surface area contributed by atoms with Gasteiger partial charge in [-0.3, -0.25) is 0 Å². The zero-order valence-electron chi connectivity index (χ0n) is 11.6. The van der Waals surface area contributed by atoms with Crippen molar-refractivity contribution in [3.63, 3.8) is 0 Å². The minimum absolute atomic E-state index is 0.693. The van der Waals surface area contributed by atoms with E-state index in [0.717, 1.165) is 24.0 Å². The van der Waals surface area contributed by atoms with Gasteiger partial charge in [-0.1, -0.05) is 44.9 Å². The lowest BCUT2D eigenvalue weighted by Crippen LogP contribution is -2.23. The summed E-state index contributed by atoms with van der Waals surface area (Å²) in [5.74, 6) is 1.57. The summed E-state index contributed by atoms with van der Waals surface area (Å²) in [6.07, 6.45) is 2.40. The zero-order chi connectivity index (χ0) is 13.5. The van der Waals surface area contributed by atoms with Crippen LogP contribution in [0.15, 0.2) is 30.3 Å². The quantitative estimate of drug-likeness (QED) is 0.828. The Balaban J connectivity index is 1.97. The number of hydrogen-bond acceptors (Lipinski definition) is 4. The molecule has 0 radical (unpaired) electrons. The number of aromatic nitrogens is 4. The van der Waals surface area contributed by atoms with Crippen molar-refractivity contribution in [2.75, 3.05) is 6.54 Å². The molecule has 0 atom stereocenters. The van der Waals surface area contributed by atoms with E-state index < -0.39 is 0 Å². The number of para-hydroxylation sites is 1. The molecule has 102 valence electrons. The monoisotopic (exact) mass is 259 g/mol. The molecule has 0 aliphatic rings. The van der Waals surface area contributed by atoms with Crippen LogP contribution in [0.5, 0.6) is 0 Å². The lowest BCUT2D eigenvalue weighted by molar-refractivity contribution is 0.444. The first-order valence-electron chi connectivity index (χ1n) is 6.88. The van der Waals surface area contributed by atoms with E-state index in [0.29, 0.717) is 6.54 Å². The van der Waals surface area contributed by atoms with Crippen LogP contribution in [0.3, 0.4) is 0 Å². The third-order valence-electron chi connectivity index (χ3n) is 3.41. The van der Waals surface area contributed by atoms with Crippen LogP contribution in [0.25, 0.3) is 5.69 Å². The van der Waals surface area contributed by atoms with Gasteiger partial charge >= 0.3 is 0 Å². The number of nitrogens with one attached hydrogen (secondary N) is 1. The van der Waals surface area contributed by atoms with E-state index >= 15 is 0 Å². The molecule has 2 rings (SSSR count). The molecule has 1 heterocycles. The molecule has 0 aliphatic heterocycles. The molecule has 1 aromatic heterocycles. The van der Waals surface area contributed by atoms with Crippen molar-refractivity contribution >= 4 is 0 Å². The lowest BCUT2D eigenvalue weighted by Gasteiger charge is -2.12. The third-order valence-corrected chi connectivity index (χ3v) is 3.41. The van der Waals surface area contributed by atoms with Crippen LogP contribution in [0.2, 0.25) is 0 Å². The number of rotatable bonds is 7. The number of hydrogen-bond donors (Lipinski definition) is 1. The van der Waals surface area contributed by atoms with E-state index in [1.807, 2.05) is 30.3 Å². The van der Waals surface area contributed by atoms with Gasteiger partial charge < -0.3 is 5.32 Å². The van der Waals surface area contributed by atoms with Crippen LogP contribution in [0.4, 0.5) is 0 Å². The lowest BCUT2D eigenvalue weighted by atomic mass is 10.0. The summed E-state index contributed by atoms with van der Waals surface area (Å²) in [5, 5.41) is 15.3. The molecule has 0 saturated heterocycles. The molecule has 2 aromatic rings. The molecule has 19 heavy (non-hydrogen) atoms. The summed E-state index contributed by atoms with van der Waals surface area (Å²) in [7, 11) is 0. The summed E-state index contributed by atoms with van der Waals surface area (Å²) in [4.78, 5) is 0. The number of benzene rings is 1. The van der Waals surface area contributed by atoms with E-state index in [2.05, 4.69) is 34.7 Å². The van der Waals surface area contributed by atoms with E-state index in [1.165, 1.54) is 12.8 Å². The van der Waals surface area contributed by atoms with Gasteiger partial charge in [-0.25, -0.2) is 0 Å². The highest BCUT2D eigenvalue weighted by atomic mass is 15.5. The normalized spacial score (nSPS) is 11.1. The van der Waals surface area contributed by atoms with Crippen molar-refractivity contribution in [1.82, 2.24) is 25.5 Å². The summed E-state index contributed by atoms with van der Waals surface area (Å²) in [6.45, 7) is 6.15. The number of nitrogens with zero attached hydrogens (tertiary/aromatic N) is 4. The Morgan fingerprint density at radius 2 is 1.89 bits per heavy atom. The molecule has 0 spiro atoms. The van der Waals surface area contributed by atoms with Crippen molar-refractivity contribution in [2.24, 2.45) is 5.92 Å². The summed E-state index contributed by atoms with van der Waals surface area (Å²) in [6, 6.07) is 9.96. The average molecular weight is 259 g/mol. The Kier molecular flexibility index (Phi) is 5.03. The first-order chi connectivity index (χ1) is 9.35. The van der Waals surface area contributed by atoms with Gasteiger partial charge in [0, 0.05) is 0 Å². The smallest absolute Gasteiger partial charge is 0.170 e. The predicted molar refractivity (Wildman–Crippen MR) is 74.9 cm³/mol. The molecular formula is C14H21N5. The van der Waals surface area contributed by atoms with E-state index in [9.17, 15) is 0 Å². The molecule has 0 amide bonds. The van der Waals surface area contributed by atoms with Crippen molar-refractivity contribution < 1.29 is 0 Å². The highest BCUT2D eigenvalue weighted by Gasteiger charge is 2.08. The van der Waals surface area contributed by atoms with Gasteiger partial charge in [-0.2, -0.15) is 4.68 Å². The minimum Gasteiger partial charge on any atom is -0.310 e. The van der Waals surface area contributed by atoms with Gasteiger partial charge in [0.1, 0.15) is 0 Å². The SMILES string of the molecule is CCC(CC)CNCc1nnnn1-c1ccccc1. The van der Waals surface area contributed by atoms with Gasteiger partial charge in [0.05, 0.1) is 12.2 Å². The summed E-state index contributed by atoms with van der Waals surface area (Å²) < 4.78 is 1.78. The van der Waals surface area contributed by atoms with Crippen molar-refractivity contribution in [1.29, 1.82) is 0 Å². The average Bonchev–Trinajstić information content (AvgIpc) is 2.93. The van der Waals surface area contributed by atoms with E-state index in [-0.39, 0.29) is 0 Å². The second kappa shape index (κ2) is 6.99. The standard InChI is InChI=1S/C14H21N5/c1-3-12(4-2)10-15-11-14-16-17-18-19(14)13-8-6-5-7-9-13/h5-9,12,15H,3-4,10-11H2,1-2H3. The third kappa shape index (κ3) is 3.61. The molecular weight excluding hydrogens is 238 g/mol. The van der Waals surface area contributed by atoms with Crippen LogP contribution in [0.1, 0.15) is 32.5 Å². The first-order valence-corrected chi connectivity index (χ1v) is 6.88. The van der Waals surface area contributed by atoms with E-state index in [1.54, 1.807) is 4.68 Å². The molecule has 0 aliphatic carbocycles. The van der Waals surface area contributed by atoms with Gasteiger partial charge in [0.25, 0.3) is 0 Å². The fourth-order valence-electron chi connectivity index (χ4n) is 2.05. The van der Waals surface area contributed by atoms with Gasteiger partial charge in [0.15, 0.2) is 5.82 Å². The maximum absolute atomic E-state index is 4.08. The molecule has 0 saturated carbocycles. The Hall–Kier alpha value is -1.75. The van der Waals surface area contributed by atoms with Crippen LogP contribution < -0.4 is 5.32 Å². The first kappa shape index (κ1) is 13.7. The molecule has 1 aromatic carbocycles. The summed E-state index contributed by atoms with van der Waals surface area (Å²) >= 11 is 0. The Bertz CT molecular complexity index is 476. The molecule has 0 bridgehead atoms. The molecule has 5 heteroatoms. The van der Waals surface area contributed by atoms with Crippen LogP contribution in [0, 0.1) is 5.92 Å². The highest BCUT2D eigenvalue weighted by molar-refractivity contribution is 5.30. The molecule has 1 N–H and O–H groups in total. The molecule has 0 unspecified atom stereocenters. The fraction of sp³-hybridized carbons (Fsp3) is 0.500. The van der Waals surface area contributed by atoms with E-state index in [4.69, 9.17) is 0 Å². The topological polar surface area (TPSA) is 55.6 Å². The van der Waals surface area contributed by atoms with Crippen LogP contribution in [-0.4, -0.2) is 26.8 Å². The van der Waals surface area contributed by atoms with Gasteiger partial charge in [0.2, 0.25) is 0 Å². The second-order valence-corrected chi connectivity index (χ2v) is 4.66. The summed E-state index contributed by atoms with van der Waals surface area (Å²) in [5.41, 5.74) is 0.992. The minimum atomic E-state index is 0.693. The van der Waals surface area contributed by atoms with Gasteiger partial charge in [-0.15, -0.1) is 5.10 Å². The largest absolute Gasteiger partial charge is 0.310 e. The highest BCUT2D eigenvalue weighted by Crippen LogP contribution is 2.08. The van der Waals surface area contributed by atoms with Crippen molar-refractivity contribution in [2.45, 2.75) is 33.2 Å². The molecule has 5 nitrogen and oxygen atoms in total. The van der Waals surface area contributed by atoms with Gasteiger partial charge in [-0.05, 0) is 35.0 Å².